The Morgan fingerprint density at radius 1 is 1.39 bits per heavy atom. The Labute approximate surface area is 187 Å². The zero-order valence-corrected chi connectivity index (χ0v) is 17.5. The first-order valence-electron chi connectivity index (χ1n) is 10.4. The smallest absolute Gasteiger partial charge is 0.332 e. The van der Waals surface area contributed by atoms with E-state index in [1.165, 1.54) is 6.20 Å². The van der Waals surface area contributed by atoms with Crippen molar-refractivity contribution in [2.45, 2.75) is 30.9 Å². The third-order valence-electron chi connectivity index (χ3n) is 6.01. The summed E-state index contributed by atoms with van der Waals surface area (Å²) in [6, 6.07) is 13.5. The van der Waals surface area contributed by atoms with Crippen LogP contribution in [-0.2, 0) is 15.1 Å². The highest BCUT2D eigenvalue weighted by Gasteiger charge is 2.42. The number of aromatic amines is 1. The average Bonchev–Trinajstić information content (AvgIpc) is 3.20. The van der Waals surface area contributed by atoms with E-state index in [-0.39, 0.29) is 25.0 Å². The van der Waals surface area contributed by atoms with Gasteiger partial charge in [-0.05, 0) is 31.0 Å². The Hall–Kier alpha value is -4.23. The summed E-state index contributed by atoms with van der Waals surface area (Å²) in [6.07, 6.45) is 2.92. The van der Waals surface area contributed by atoms with Gasteiger partial charge in [0.25, 0.3) is 5.56 Å². The van der Waals surface area contributed by atoms with Crippen LogP contribution >= 0.6 is 0 Å². The molecule has 2 unspecified atom stereocenters. The summed E-state index contributed by atoms with van der Waals surface area (Å²) >= 11 is 0. The van der Waals surface area contributed by atoms with Gasteiger partial charge in [-0.3, -0.25) is 14.5 Å². The van der Waals surface area contributed by atoms with E-state index in [1.54, 1.807) is 16.9 Å². The van der Waals surface area contributed by atoms with Crippen LogP contribution in [0.3, 0.4) is 0 Å². The number of nitrogens with one attached hydrogen (secondary N) is 2. The molecule has 0 spiro atoms. The number of fused-ring (bicyclic) bond motifs is 2. The second-order valence-electron chi connectivity index (χ2n) is 8.10. The van der Waals surface area contributed by atoms with Gasteiger partial charge in [0.05, 0.1) is 47.6 Å². The fourth-order valence-electron chi connectivity index (χ4n) is 4.34. The number of anilines is 2. The Morgan fingerprint density at radius 3 is 3.00 bits per heavy atom. The number of H-pyrrole nitrogens is 1. The minimum absolute atomic E-state index is 0.00191. The topological polar surface area (TPSA) is 146 Å². The van der Waals surface area contributed by atoms with E-state index in [2.05, 4.69) is 26.5 Å². The Morgan fingerprint density at radius 2 is 2.24 bits per heavy atom. The van der Waals surface area contributed by atoms with Gasteiger partial charge in [-0.1, -0.05) is 18.2 Å². The number of aliphatic carboxylic acids is 1. The molecule has 1 aromatic carbocycles. The molecule has 3 aromatic heterocycles. The SMILES string of the molecule is N#CCC1(n2nc(Nc3cnc4ccccc4c3)c3c(=O)[nH]ccc32)CCC(C(=O)O)OC1. The first-order valence-corrected chi connectivity index (χ1v) is 10.4. The minimum atomic E-state index is -1.03. The normalized spacial score (nSPS) is 20.5. The summed E-state index contributed by atoms with van der Waals surface area (Å²) in [5, 5.41) is 28.0. The molecule has 33 heavy (non-hydrogen) atoms. The average molecular weight is 444 g/mol. The number of pyridine rings is 2. The number of benzene rings is 1. The lowest BCUT2D eigenvalue weighted by Crippen LogP contribution is -2.46. The largest absolute Gasteiger partial charge is 0.479 e. The molecule has 166 valence electrons. The van der Waals surface area contributed by atoms with Gasteiger partial charge < -0.3 is 20.1 Å². The number of aromatic nitrogens is 4. The highest BCUT2D eigenvalue weighted by atomic mass is 16.5. The molecule has 10 heteroatoms. The molecule has 2 atom stereocenters. The van der Waals surface area contributed by atoms with Crippen LogP contribution in [0.25, 0.3) is 21.8 Å². The number of hydrogen-bond donors (Lipinski definition) is 3. The molecule has 0 aliphatic carbocycles. The second-order valence-corrected chi connectivity index (χ2v) is 8.10. The van der Waals surface area contributed by atoms with E-state index in [4.69, 9.17) is 4.74 Å². The minimum Gasteiger partial charge on any atom is -0.479 e. The number of carbonyl (C=O) groups is 1. The molecule has 4 heterocycles. The molecule has 1 fully saturated rings. The van der Waals surface area contributed by atoms with Crippen LogP contribution in [0.5, 0.6) is 0 Å². The lowest BCUT2D eigenvalue weighted by Gasteiger charge is -2.38. The molecule has 1 aliphatic rings. The number of carboxylic acids is 1. The molecular formula is C23H20N6O4. The third kappa shape index (κ3) is 3.58. The Kier molecular flexibility index (Phi) is 5.03. The maximum atomic E-state index is 12.8. The van der Waals surface area contributed by atoms with Crippen LogP contribution in [0.4, 0.5) is 11.5 Å². The number of nitriles is 1. The van der Waals surface area contributed by atoms with Crippen LogP contribution in [-0.4, -0.2) is 43.5 Å². The van der Waals surface area contributed by atoms with Gasteiger partial charge in [0.15, 0.2) is 11.9 Å². The van der Waals surface area contributed by atoms with Gasteiger partial charge in [-0.25, -0.2) is 4.79 Å². The maximum absolute atomic E-state index is 12.8. The van der Waals surface area contributed by atoms with Crippen molar-refractivity contribution in [3.05, 3.63) is 59.1 Å². The van der Waals surface area contributed by atoms with Crippen LogP contribution in [0.15, 0.2) is 53.6 Å². The molecular weight excluding hydrogens is 424 g/mol. The summed E-state index contributed by atoms with van der Waals surface area (Å²) in [5.41, 5.74) is 0.805. The van der Waals surface area contributed by atoms with Crippen molar-refractivity contribution in [2.24, 2.45) is 0 Å². The lowest BCUT2D eigenvalue weighted by atomic mass is 9.87. The molecule has 0 radical (unpaired) electrons. The second kappa shape index (κ2) is 8.03. The highest BCUT2D eigenvalue weighted by molar-refractivity contribution is 5.92. The van der Waals surface area contributed by atoms with Crippen molar-refractivity contribution in [2.75, 3.05) is 11.9 Å². The molecule has 0 saturated carbocycles. The number of carboxylic acid groups (broad SMARTS) is 1. The first kappa shape index (κ1) is 20.7. The zero-order valence-electron chi connectivity index (χ0n) is 17.5. The van der Waals surface area contributed by atoms with Gasteiger partial charge in [-0.2, -0.15) is 10.4 Å². The molecule has 3 N–H and O–H groups in total. The quantitative estimate of drug-likeness (QED) is 0.426. The molecule has 1 aliphatic heterocycles. The highest BCUT2D eigenvalue weighted by Crippen LogP contribution is 2.37. The maximum Gasteiger partial charge on any atom is 0.332 e. The zero-order chi connectivity index (χ0) is 23.0. The van der Waals surface area contributed by atoms with Gasteiger partial charge in [0.1, 0.15) is 5.39 Å². The van der Waals surface area contributed by atoms with E-state index in [9.17, 15) is 20.0 Å². The van der Waals surface area contributed by atoms with E-state index >= 15 is 0 Å². The fraction of sp³-hybridized carbons (Fsp3) is 0.261. The van der Waals surface area contributed by atoms with Crippen molar-refractivity contribution in [1.82, 2.24) is 19.7 Å². The van der Waals surface area contributed by atoms with Crippen LogP contribution in [0, 0.1) is 11.3 Å². The summed E-state index contributed by atoms with van der Waals surface area (Å²) < 4.78 is 7.22. The van der Waals surface area contributed by atoms with Crippen molar-refractivity contribution < 1.29 is 14.6 Å². The van der Waals surface area contributed by atoms with E-state index in [1.807, 2.05) is 30.3 Å². The monoisotopic (exact) mass is 444 g/mol. The van der Waals surface area contributed by atoms with Crippen LogP contribution in [0.2, 0.25) is 0 Å². The Bertz CT molecular complexity index is 1460. The molecule has 5 rings (SSSR count). The van der Waals surface area contributed by atoms with Gasteiger partial charge >= 0.3 is 5.97 Å². The number of rotatable bonds is 5. The molecule has 1 saturated heterocycles. The first-order chi connectivity index (χ1) is 16.0. The number of hydrogen-bond acceptors (Lipinski definition) is 7. The van der Waals surface area contributed by atoms with E-state index in [0.717, 1.165) is 10.9 Å². The lowest BCUT2D eigenvalue weighted by molar-refractivity contribution is -0.158. The predicted octanol–water partition coefficient (Wildman–Crippen LogP) is 2.89. The summed E-state index contributed by atoms with van der Waals surface area (Å²) in [4.78, 5) is 31.2. The van der Waals surface area contributed by atoms with Crippen molar-refractivity contribution >= 4 is 39.3 Å². The van der Waals surface area contributed by atoms with Crippen molar-refractivity contribution in [3.63, 3.8) is 0 Å². The molecule has 10 nitrogen and oxygen atoms in total. The number of para-hydroxylation sites is 1. The Balaban J connectivity index is 1.60. The summed E-state index contributed by atoms with van der Waals surface area (Å²) in [7, 11) is 0. The summed E-state index contributed by atoms with van der Waals surface area (Å²) in [5.74, 6) is -0.713. The van der Waals surface area contributed by atoms with Gasteiger partial charge in [0.2, 0.25) is 0 Å². The number of nitrogens with zero attached hydrogens (tertiary/aromatic N) is 4. The van der Waals surface area contributed by atoms with Gasteiger partial charge in [0, 0.05) is 11.6 Å². The summed E-state index contributed by atoms with van der Waals surface area (Å²) in [6.45, 7) is -0.00191. The third-order valence-corrected chi connectivity index (χ3v) is 6.01. The van der Waals surface area contributed by atoms with Crippen LogP contribution < -0.4 is 10.9 Å². The number of ether oxygens (including phenoxy) is 1. The van der Waals surface area contributed by atoms with Crippen molar-refractivity contribution in [3.8, 4) is 6.07 Å². The molecule has 4 aromatic rings. The standard InChI is InChI=1S/C23H20N6O4/c24-9-8-23(7-5-18(22(31)32)33-13-23)29-17-6-10-25-21(30)19(17)20(28-29)27-15-11-14-3-1-2-4-16(14)26-12-15/h1-4,6,10-12,18H,5,7-8,13H2,(H,25,30)(H,27,28)(H,31,32). The molecule has 0 bridgehead atoms. The molecule has 0 amide bonds. The predicted molar refractivity (Wildman–Crippen MR) is 120 cm³/mol. The van der Waals surface area contributed by atoms with Gasteiger partial charge in [-0.15, -0.1) is 0 Å². The van der Waals surface area contributed by atoms with E-state index in [0.29, 0.717) is 28.8 Å². The van der Waals surface area contributed by atoms with Crippen LogP contribution in [0.1, 0.15) is 19.3 Å². The fourth-order valence-corrected chi connectivity index (χ4v) is 4.34. The van der Waals surface area contributed by atoms with E-state index < -0.39 is 17.6 Å². The van der Waals surface area contributed by atoms with Crippen molar-refractivity contribution in [1.29, 1.82) is 5.26 Å².